The molecule has 4 heterocycles. The molecule has 1 aromatic heterocycles. The average Bonchev–Trinajstić information content (AvgIpc) is 3.34. The molecule has 6 rings (SSSR count). The minimum absolute atomic E-state index is 0.0102. The number of carbonyl (C=O) groups excluding carboxylic acids is 3. The lowest BCUT2D eigenvalue weighted by Crippen LogP contribution is -2.57. The van der Waals surface area contributed by atoms with E-state index in [0.29, 0.717) is 25.2 Å². The summed E-state index contributed by atoms with van der Waals surface area (Å²) in [6.07, 6.45) is 6.07. The zero-order valence-corrected chi connectivity index (χ0v) is 20.9. The molecule has 3 amide bonds. The van der Waals surface area contributed by atoms with Crippen LogP contribution in [-0.4, -0.2) is 63.5 Å². The molecule has 2 aromatic rings. The van der Waals surface area contributed by atoms with Crippen LogP contribution in [0.4, 0.5) is 5.82 Å². The highest BCUT2D eigenvalue weighted by Crippen LogP contribution is 2.49. The molecule has 2 unspecified atom stereocenters. The third kappa shape index (κ3) is 3.67. The van der Waals surface area contributed by atoms with Gasteiger partial charge in [-0.1, -0.05) is 18.6 Å². The summed E-state index contributed by atoms with van der Waals surface area (Å²) in [5.74, 6) is 1.36. The number of likely N-dealkylation sites (N-methyl/N-ethyl adjacent to an activating group) is 1. The Hall–Kier alpha value is -3.36. The van der Waals surface area contributed by atoms with Crippen molar-refractivity contribution in [3.8, 4) is 5.75 Å². The summed E-state index contributed by atoms with van der Waals surface area (Å²) < 4.78 is 6.98. The van der Waals surface area contributed by atoms with Crippen LogP contribution < -0.4 is 10.1 Å². The van der Waals surface area contributed by atoms with Gasteiger partial charge >= 0.3 is 0 Å². The van der Waals surface area contributed by atoms with Gasteiger partial charge in [-0.2, -0.15) is 5.10 Å². The van der Waals surface area contributed by atoms with Gasteiger partial charge in [0.2, 0.25) is 17.7 Å². The van der Waals surface area contributed by atoms with E-state index in [2.05, 4.69) is 15.3 Å². The molecule has 1 saturated carbocycles. The number of methoxy groups -OCH3 is 1. The lowest BCUT2D eigenvalue weighted by Gasteiger charge is -2.48. The van der Waals surface area contributed by atoms with Crippen LogP contribution in [0.2, 0.25) is 0 Å². The predicted octanol–water partition coefficient (Wildman–Crippen LogP) is 2.69. The fourth-order valence-corrected chi connectivity index (χ4v) is 6.63. The number of fused-ring (bicyclic) bond motifs is 3. The topological polar surface area (TPSA) is 96.8 Å². The van der Waals surface area contributed by atoms with E-state index in [4.69, 9.17) is 4.74 Å². The first-order valence-corrected chi connectivity index (χ1v) is 13.0. The van der Waals surface area contributed by atoms with Crippen LogP contribution in [0.1, 0.15) is 56.2 Å². The summed E-state index contributed by atoms with van der Waals surface area (Å²) >= 11 is 0. The summed E-state index contributed by atoms with van der Waals surface area (Å²) in [6.45, 7) is 0.685. The summed E-state index contributed by atoms with van der Waals surface area (Å²) in [6, 6.07) is 10.0. The number of amides is 3. The fraction of sp³-hybridized carbons (Fsp3) is 0.556. The van der Waals surface area contributed by atoms with Crippen molar-refractivity contribution in [3.63, 3.8) is 0 Å². The van der Waals surface area contributed by atoms with Gasteiger partial charge in [-0.25, -0.2) is 0 Å². The van der Waals surface area contributed by atoms with Crippen LogP contribution in [0, 0.1) is 5.92 Å². The van der Waals surface area contributed by atoms with Crippen LogP contribution in [0.25, 0.3) is 0 Å². The molecule has 9 nitrogen and oxygen atoms in total. The summed E-state index contributed by atoms with van der Waals surface area (Å²) in [7, 11) is 3.42. The second-order valence-corrected chi connectivity index (χ2v) is 10.8. The van der Waals surface area contributed by atoms with Gasteiger partial charge in [0.05, 0.1) is 24.8 Å². The van der Waals surface area contributed by atoms with Gasteiger partial charge in [0.1, 0.15) is 12.3 Å². The summed E-state index contributed by atoms with van der Waals surface area (Å²) in [5.41, 5.74) is 1.55. The Morgan fingerprint density at radius 1 is 1.08 bits per heavy atom. The standard InChI is InChI=1S/C27H33N5O4/c1-30-15-21-14-23(29-31(21)16-24(30)33)28-25(34)17-12-19-6-7-20(13-17)32(19)26(35)27(10-3-11-27)18-4-8-22(36-2)9-5-18/h4-5,8-9,14,17,19-20H,3,6-7,10-13,15-16H2,1-2H3,(H,28,29,34). The second kappa shape index (κ2) is 8.64. The lowest BCUT2D eigenvalue weighted by molar-refractivity contribution is -0.147. The van der Waals surface area contributed by atoms with Gasteiger partial charge in [0.25, 0.3) is 0 Å². The van der Waals surface area contributed by atoms with Crippen LogP contribution in [0.5, 0.6) is 5.75 Å². The number of carbonyl (C=O) groups is 3. The molecular formula is C27H33N5O4. The number of hydrogen-bond donors (Lipinski definition) is 1. The summed E-state index contributed by atoms with van der Waals surface area (Å²) in [4.78, 5) is 42.9. The van der Waals surface area contributed by atoms with Gasteiger partial charge in [-0.05, 0) is 56.2 Å². The highest BCUT2D eigenvalue weighted by molar-refractivity contribution is 5.93. The molecule has 2 atom stereocenters. The number of anilines is 1. The molecule has 1 N–H and O–H groups in total. The molecule has 0 radical (unpaired) electrons. The normalized spacial score (nSPS) is 26.3. The van der Waals surface area contributed by atoms with Crippen molar-refractivity contribution in [1.29, 1.82) is 0 Å². The Balaban J connectivity index is 1.14. The Kier molecular flexibility index (Phi) is 5.53. The van der Waals surface area contributed by atoms with Crippen LogP contribution in [0.15, 0.2) is 30.3 Å². The van der Waals surface area contributed by atoms with Crippen molar-refractivity contribution in [2.24, 2.45) is 5.92 Å². The molecule has 3 fully saturated rings. The summed E-state index contributed by atoms with van der Waals surface area (Å²) in [5, 5.41) is 7.41. The first-order valence-electron chi connectivity index (χ1n) is 13.0. The average molecular weight is 492 g/mol. The van der Waals surface area contributed by atoms with E-state index in [0.717, 1.165) is 49.1 Å². The van der Waals surface area contributed by atoms with Crippen molar-refractivity contribution < 1.29 is 19.1 Å². The Labute approximate surface area is 210 Å². The van der Waals surface area contributed by atoms with Crippen molar-refractivity contribution in [2.75, 3.05) is 19.5 Å². The van der Waals surface area contributed by atoms with Gasteiger partial charge < -0.3 is 19.9 Å². The molecule has 9 heteroatoms. The molecule has 4 aliphatic rings. The Bertz CT molecular complexity index is 1190. The Morgan fingerprint density at radius 3 is 2.39 bits per heavy atom. The molecule has 190 valence electrons. The number of nitrogens with one attached hydrogen (secondary N) is 1. The third-order valence-electron chi connectivity index (χ3n) is 8.82. The zero-order chi connectivity index (χ0) is 25.0. The molecule has 0 spiro atoms. The minimum atomic E-state index is -0.442. The van der Waals surface area contributed by atoms with Crippen LogP contribution >= 0.6 is 0 Å². The van der Waals surface area contributed by atoms with E-state index in [9.17, 15) is 14.4 Å². The molecular weight excluding hydrogens is 458 g/mol. The fourth-order valence-electron chi connectivity index (χ4n) is 6.63. The van der Waals surface area contributed by atoms with Crippen molar-refractivity contribution in [1.82, 2.24) is 19.6 Å². The van der Waals surface area contributed by atoms with Crippen molar-refractivity contribution >= 4 is 23.5 Å². The molecule has 3 aliphatic heterocycles. The molecule has 36 heavy (non-hydrogen) atoms. The van der Waals surface area contributed by atoms with E-state index >= 15 is 0 Å². The van der Waals surface area contributed by atoms with E-state index in [1.54, 1.807) is 23.7 Å². The quantitative estimate of drug-likeness (QED) is 0.694. The molecule has 2 saturated heterocycles. The Morgan fingerprint density at radius 2 is 1.78 bits per heavy atom. The second-order valence-electron chi connectivity index (χ2n) is 10.8. The SMILES string of the molecule is COc1ccc(C2(C(=O)N3C4CCC3CC(C(=O)Nc3cc5n(n3)CC(=O)N(C)C5)C4)CCC2)cc1. The van der Waals surface area contributed by atoms with E-state index < -0.39 is 5.41 Å². The maximum absolute atomic E-state index is 14.0. The maximum atomic E-state index is 14.0. The van der Waals surface area contributed by atoms with Crippen molar-refractivity contribution in [3.05, 3.63) is 41.6 Å². The number of ether oxygens (including phenoxy) is 1. The number of piperidine rings is 1. The first-order chi connectivity index (χ1) is 17.4. The van der Waals surface area contributed by atoms with E-state index in [1.165, 1.54) is 0 Å². The smallest absolute Gasteiger partial charge is 0.244 e. The zero-order valence-electron chi connectivity index (χ0n) is 20.9. The van der Waals surface area contributed by atoms with Gasteiger partial charge in [0.15, 0.2) is 5.82 Å². The monoisotopic (exact) mass is 491 g/mol. The number of benzene rings is 1. The van der Waals surface area contributed by atoms with Gasteiger partial charge in [-0.15, -0.1) is 0 Å². The van der Waals surface area contributed by atoms with E-state index in [-0.39, 0.29) is 42.3 Å². The number of nitrogens with zero attached hydrogens (tertiary/aromatic N) is 4. The van der Waals surface area contributed by atoms with Crippen LogP contribution in [0.3, 0.4) is 0 Å². The third-order valence-corrected chi connectivity index (χ3v) is 8.82. The molecule has 1 aromatic carbocycles. The predicted molar refractivity (Wildman–Crippen MR) is 132 cm³/mol. The molecule has 2 bridgehead atoms. The highest BCUT2D eigenvalue weighted by Gasteiger charge is 2.54. The molecule has 1 aliphatic carbocycles. The number of hydrogen-bond acceptors (Lipinski definition) is 5. The number of aromatic nitrogens is 2. The largest absolute Gasteiger partial charge is 0.497 e. The lowest BCUT2D eigenvalue weighted by atomic mass is 9.63. The highest BCUT2D eigenvalue weighted by atomic mass is 16.5. The maximum Gasteiger partial charge on any atom is 0.244 e. The van der Waals surface area contributed by atoms with Gasteiger partial charge in [0, 0.05) is 31.1 Å². The van der Waals surface area contributed by atoms with E-state index in [1.807, 2.05) is 30.3 Å². The van der Waals surface area contributed by atoms with Crippen LogP contribution in [-0.2, 0) is 32.9 Å². The van der Waals surface area contributed by atoms with Gasteiger partial charge in [-0.3, -0.25) is 19.1 Å². The van der Waals surface area contributed by atoms with Crippen molar-refractivity contribution in [2.45, 2.75) is 75.5 Å². The first kappa shape index (κ1) is 23.1. The number of rotatable bonds is 5. The minimum Gasteiger partial charge on any atom is -0.497 e.